The average molecular weight is 473 g/mol. The summed E-state index contributed by atoms with van der Waals surface area (Å²) in [6.45, 7) is 0.822. The molecule has 2 aliphatic heterocycles. The normalized spacial score (nSPS) is 18.5. The van der Waals surface area contributed by atoms with Crippen LogP contribution in [-0.4, -0.2) is 44.2 Å². The zero-order valence-corrected chi connectivity index (χ0v) is 19.2. The number of ketones is 1. The number of fused-ring (bicyclic) bond motifs is 1. The maximum Gasteiger partial charge on any atom is 0.300 e. The Bertz CT molecular complexity index is 1330. The Labute approximate surface area is 201 Å². The van der Waals surface area contributed by atoms with Crippen LogP contribution >= 0.6 is 0 Å². The van der Waals surface area contributed by atoms with Crippen molar-refractivity contribution < 1.29 is 33.6 Å². The molecule has 1 unspecified atom stereocenters. The number of aliphatic hydroxyl groups excluding tert-OH is 1. The molecule has 0 spiro atoms. The van der Waals surface area contributed by atoms with Crippen molar-refractivity contribution in [1.29, 1.82) is 0 Å². The van der Waals surface area contributed by atoms with Gasteiger partial charge in [0.1, 0.15) is 19.0 Å². The summed E-state index contributed by atoms with van der Waals surface area (Å²) < 4.78 is 21.9. The number of carbonyl (C=O) groups is 2. The maximum atomic E-state index is 13.3. The number of nitrogens with zero attached hydrogens (tertiary/aromatic N) is 1. The van der Waals surface area contributed by atoms with E-state index >= 15 is 0 Å². The third-order valence-electron chi connectivity index (χ3n) is 6.02. The first kappa shape index (κ1) is 22.3. The Hall–Kier alpha value is -4.46. The van der Waals surface area contributed by atoms with Crippen molar-refractivity contribution in [3.63, 3.8) is 0 Å². The Morgan fingerprint density at radius 2 is 1.60 bits per heavy atom. The van der Waals surface area contributed by atoms with Gasteiger partial charge in [-0.15, -0.1) is 0 Å². The summed E-state index contributed by atoms with van der Waals surface area (Å²) in [7, 11) is 2.98. The third-order valence-corrected chi connectivity index (χ3v) is 6.02. The molecule has 1 N–H and O–H groups in total. The molecule has 0 aliphatic carbocycles. The van der Waals surface area contributed by atoms with Crippen LogP contribution in [0.25, 0.3) is 5.76 Å². The number of benzene rings is 3. The number of methoxy groups -OCH3 is 2. The minimum atomic E-state index is -0.855. The molecule has 1 saturated heterocycles. The van der Waals surface area contributed by atoms with E-state index in [1.54, 1.807) is 36.4 Å². The van der Waals surface area contributed by atoms with Crippen molar-refractivity contribution in [2.75, 3.05) is 32.3 Å². The van der Waals surface area contributed by atoms with E-state index in [0.717, 1.165) is 0 Å². The highest BCUT2D eigenvalue weighted by atomic mass is 16.6. The van der Waals surface area contributed by atoms with Crippen LogP contribution in [0.5, 0.6) is 23.0 Å². The Morgan fingerprint density at radius 1 is 0.886 bits per heavy atom. The van der Waals surface area contributed by atoms with Crippen LogP contribution in [0.1, 0.15) is 17.2 Å². The van der Waals surface area contributed by atoms with Crippen molar-refractivity contribution in [2.45, 2.75) is 6.04 Å². The van der Waals surface area contributed by atoms with Crippen LogP contribution in [0.15, 0.2) is 72.3 Å². The summed E-state index contributed by atoms with van der Waals surface area (Å²) >= 11 is 0. The summed E-state index contributed by atoms with van der Waals surface area (Å²) in [5.74, 6) is 0.0616. The lowest BCUT2D eigenvalue weighted by Gasteiger charge is -2.27. The molecule has 0 aromatic heterocycles. The molecule has 0 saturated carbocycles. The van der Waals surface area contributed by atoms with Gasteiger partial charge in [0.2, 0.25) is 0 Å². The smallest absolute Gasteiger partial charge is 0.300 e. The van der Waals surface area contributed by atoms with Gasteiger partial charge in [-0.05, 0) is 35.9 Å². The van der Waals surface area contributed by atoms with Gasteiger partial charge in [-0.1, -0.05) is 30.3 Å². The first-order valence-corrected chi connectivity index (χ1v) is 11.0. The molecule has 2 heterocycles. The predicted molar refractivity (Wildman–Crippen MR) is 128 cm³/mol. The second kappa shape index (κ2) is 9.06. The van der Waals surface area contributed by atoms with E-state index in [-0.39, 0.29) is 11.3 Å². The van der Waals surface area contributed by atoms with E-state index in [1.165, 1.54) is 19.1 Å². The monoisotopic (exact) mass is 473 g/mol. The van der Waals surface area contributed by atoms with Crippen LogP contribution in [0.4, 0.5) is 5.69 Å². The van der Waals surface area contributed by atoms with Crippen molar-refractivity contribution in [2.24, 2.45) is 0 Å². The lowest BCUT2D eigenvalue weighted by atomic mass is 9.95. The zero-order chi connectivity index (χ0) is 24.5. The number of rotatable bonds is 5. The summed E-state index contributed by atoms with van der Waals surface area (Å²) in [5.41, 5.74) is 1.42. The van der Waals surface area contributed by atoms with Crippen LogP contribution in [0.3, 0.4) is 0 Å². The second-order valence-electron chi connectivity index (χ2n) is 7.98. The number of amides is 1. The second-order valence-corrected chi connectivity index (χ2v) is 7.98. The minimum Gasteiger partial charge on any atom is -0.507 e. The van der Waals surface area contributed by atoms with Gasteiger partial charge in [0, 0.05) is 17.3 Å². The topological polar surface area (TPSA) is 94.5 Å². The molecule has 8 nitrogen and oxygen atoms in total. The minimum absolute atomic E-state index is 0.0247. The van der Waals surface area contributed by atoms with Gasteiger partial charge >= 0.3 is 0 Å². The molecule has 3 aromatic carbocycles. The fraction of sp³-hybridized carbons (Fsp3) is 0.185. The number of hydrogen-bond donors (Lipinski definition) is 1. The maximum absolute atomic E-state index is 13.3. The van der Waals surface area contributed by atoms with Crippen LogP contribution in [0, 0.1) is 0 Å². The molecule has 1 atom stereocenters. The number of anilines is 1. The molecule has 1 fully saturated rings. The van der Waals surface area contributed by atoms with E-state index < -0.39 is 17.7 Å². The highest BCUT2D eigenvalue weighted by Gasteiger charge is 2.47. The third kappa shape index (κ3) is 3.82. The van der Waals surface area contributed by atoms with Crippen LogP contribution < -0.4 is 23.8 Å². The van der Waals surface area contributed by atoms with Crippen molar-refractivity contribution in [3.8, 4) is 23.0 Å². The molecule has 1 amide bonds. The molecule has 178 valence electrons. The van der Waals surface area contributed by atoms with Gasteiger partial charge in [-0.2, -0.15) is 0 Å². The van der Waals surface area contributed by atoms with Gasteiger partial charge < -0.3 is 24.1 Å². The van der Waals surface area contributed by atoms with Crippen LogP contribution in [-0.2, 0) is 9.59 Å². The standard InChI is InChI=1S/C27H23NO7/c1-32-19-10-8-17(14-21(19)33-2)25(29)23-24(16-6-4-3-5-7-16)28(27(31)26(23)30)18-9-11-20-22(15-18)35-13-12-34-20/h3-11,14-15,24,29H,12-13H2,1-2H3/b25-23+. The Kier molecular flexibility index (Phi) is 5.78. The molecule has 0 bridgehead atoms. The number of hydrogen-bond acceptors (Lipinski definition) is 7. The Balaban J connectivity index is 1.68. The number of aliphatic hydroxyl groups is 1. The molecule has 5 rings (SSSR count). The number of ether oxygens (including phenoxy) is 4. The van der Waals surface area contributed by atoms with E-state index in [0.29, 0.717) is 53.0 Å². The lowest BCUT2D eigenvalue weighted by molar-refractivity contribution is -0.132. The summed E-state index contributed by atoms with van der Waals surface area (Å²) in [6.07, 6.45) is 0. The lowest BCUT2D eigenvalue weighted by Crippen LogP contribution is -2.29. The van der Waals surface area contributed by atoms with Crippen molar-refractivity contribution in [1.82, 2.24) is 0 Å². The van der Waals surface area contributed by atoms with Gasteiger partial charge in [0.05, 0.1) is 25.8 Å². The summed E-state index contributed by atoms with van der Waals surface area (Å²) in [5, 5.41) is 11.3. The molecule has 0 radical (unpaired) electrons. The molecule has 2 aliphatic rings. The van der Waals surface area contributed by atoms with E-state index in [1.807, 2.05) is 30.3 Å². The van der Waals surface area contributed by atoms with Crippen molar-refractivity contribution >= 4 is 23.1 Å². The largest absolute Gasteiger partial charge is 0.507 e. The summed E-state index contributed by atoms with van der Waals surface area (Å²) in [6, 6.07) is 18.1. The van der Waals surface area contributed by atoms with Crippen molar-refractivity contribution in [3.05, 3.63) is 83.4 Å². The summed E-state index contributed by atoms with van der Waals surface area (Å²) in [4.78, 5) is 28.1. The molecule has 35 heavy (non-hydrogen) atoms. The average Bonchev–Trinajstić information content (AvgIpc) is 3.18. The highest BCUT2D eigenvalue weighted by molar-refractivity contribution is 6.51. The zero-order valence-electron chi connectivity index (χ0n) is 19.2. The van der Waals surface area contributed by atoms with Gasteiger partial charge in [0.15, 0.2) is 23.0 Å². The first-order chi connectivity index (χ1) is 17.0. The SMILES string of the molecule is COc1ccc(/C(O)=C2\C(=O)C(=O)N(c3ccc4c(c3)OCCO4)C2c2ccccc2)cc1OC. The number of carbonyl (C=O) groups excluding carboxylic acids is 2. The van der Waals surface area contributed by atoms with E-state index in [9.17, 15) is 14.7 Å². The number of Topliss-reactive ketones (excluding diaryl/α,β-unsaturated/α-hetero) is 1. The molecule has 3 aromatic rings. The van der Waals surface area contributed by atoms with E-state index in [2.05, 4.69) is 0 Å². The van der Waals surface area contributed by atoms with Gasteiger partial charge in [-0.3, -0.25) is 14.5 Å². The van der Waals surface area contributed by atoms with Crippen LogP contribution in [0.2, 0.25) is 0 Å². The quantitative estimate of drug-likeness (QED) is 0.339. The van der Waals surface area contributed by atoms with Gasteiger partial charge in [0.25, 0.3) is 11.7 Å². The van der Waals surface area contributed by atoms with Gasteiger partial charge in [-0.25, -0.2) is 0 Å². The molecule has 8 heteroatoms. The van der Waals surface area contributed by atoms with E-state index in [4.69, 9.17) is 18.9 Å². The molecular weight excluding hydrogens is 450 g/mol. The Morgan fingerprint density at radius 3 is 2.31 bits per heavy atom. The fourth-order valence-corrected chi connectivity index (χ4v) is 4.37. The predicted octanol–water partition coefficient (Wildman–Crippen LogP) is 4.10. The molecular formula is C27H23NO7. The fourth-order valence-electron chi connectivity index (χ4n) is 4.37. The first-order valence-electron chi connectivity index (χ1n) is 11.0. The highest BCUT2D eigenvalue weighted by Crippen LogP contribution is 2.45.